The molecule has 1 aromatic carbocycles. The number of imidazole rings is 1. The Morgan fingerprint density at radius 3 is 2.82 bits per heavy atom. The largest absolute Gasteiger partial charge is 0.506 e. The molecule has 3 heteroatoms. The number of hydrogen-bond donors (Lipinski definition) is 2. The van der Waals surface area contributed by atoms with Crippen LogP contribution in [0.4, 0.5) is 0 Å². The van der Waals surface area contributed by atoms with Crippen molar-refractivity contribution in [2.75, 3.05) is 0 Å². The first-order valence-electron chi connectivity index (χ1n) is 6.49. The van der Waals surface area contributed by atoms with E-state index >= 15 is 0 Å². The van der Waals surface area contributed by atoms with Crippen molar-refractivity contribution in [2.24, 2.45) is 5.92 Å². The molecule has 2 N–H and O–H groups in total. The second kappa shape index (κ2) is 4.40. The van der Waals surface area contributed by atoms with Gasteiger partial charge in [-0.05, 0) is 18.1 Å². The van der Waals surface area contributed by atoms with E-state index in [2.05, 4.69) is 9.97 Å². The highest BCUT2D eigenvalue weighted by Crippen LogP contribution is 2.28. The Labute approximate surface area is 101 Å². The quantitative estimate of drug-likeness (QED) is 0.830. The van der Waals surface area contributed by atoms with Gasteiger partial charge in [0.2, 0.25) is 0 Å². The molecule has 0 saturated heterocycles. The van der Waals surface area contributed by atoms with Gasteiger partial charge in [0.15, 0.2) is 0 Å². The third-order valence-electron chi connectivity index (χ3n) is 3.75. The Kier molecular flexibility index (Phi) is 2.75. The first-order chi connectivity index (χ1) is 8.33. The Morgan fingerprint density at radius 2 is 2.06 bits per heavy atom. The molecule has 0 amide bonds. The number of hydrogen-bond acceptors (Lipinski definition) is 2. The molecule has 0 spiro atoms. The van der Waals surface area contributed by atoms with Crippen LogP contribution in [0.2, 0.25) is 0 Å². The fraction of sp³-hybridized carbons (Fsp3) is 0.500. The van der Waals surface area contributed by atoms with Crippen LogP contribution < -0.4 is 0 Å². The maximum Gasteiger partial charge on any atom is 0.143 e. The van der Waals surface area contributed by atoms with E-state index in [0.29, 0.717) is 5.52 Å². The molecule has 3 rings (SSSR count). The molecule has 0 aliphatic heterocycles. The highest BCUT2D eigenvalue weighted by Gasteiger charge is 2.16. The fourth-order valence-electron chi connectivity index (χ4n) is 2.83. The number of H-pyrrole nitrogens is 1. The van der Waals surface area contributed by atoms with E-state index in [4.69, 9.17) is 0 Å². The van der Waals surface area contributed by atoms with Crippen molar-refractivity contribution in [1.82, 2.24) is 9.97 Å². The molecule has 1 aliphatic rings. The summed E-state index contributed by atoms with van der Waals surface area (Å²) < 4.78 is 0. The third kappa shape index (κ3) is 2.14. The van der Waals surface area contributed by atoms with Crippen molar-refractivity contribution >= 4 is 11.0 Å². The van der Waals surface area contributed by atoms with Gasteiger partial charge in [0.1, 0.15) is 17.1 Å². The first-order valence-corrected chi connectivity index (χ1v) is 6.49. The van der Waals surface area contributed by atoms with Gasteiger partial charge in [-0.2, -0.15) is 0 Å². The molecule has 0 bridgehead atoms. The summed E-state index contributed by atoms with van der Waals surface area (Å²) in [6.07, 6.45) is 7.77. The summed E-state index contributed by atoms with van der Waals surface area (Å²) in [4.78, 5) is 7.81. The van der Waals surface area contributed by atoms with Gasteiger partial charge in [0.25, 0.3) is 0 Å². The zero-order chi connectivity index (χ0) is 11.7. The number of nitrogens with zero attached hydrogens (tertiary/aromatic N) is 1. The number of aromatic nitrogens is 2. The SMILES string of the molecule is Oc1cccc2[nH]c(CC3CCCCC3)nc12. The third-order valence-corrected chi connectivity index (χ3v) is 3.75. The summed E-state index contributed by atoms with van der Waals surface area (Å²) >= 11 is 0. The van der Waals surface area contributed by atoms with E-state index in [-0.39, 0.29) is 5.75 Å². The van der Waals surface area contributed by atoms with Crippen LogP contribution in [0, 0.1) is 5.92 Å². The predicted molar refractivity (Wildman–Crippen MR) is 68.0 cm³/mol. The van der Waals surface area contributed by atoms with Crippen LogP contribution in [-0.4, -0.2) is 15.1 Å². The lowest BCUT2D eigenvalue weighted by Crippen LogP contribution is -2.10. The standard InChI is InChI=1S/C14H18N2O/c17-12-8-4-7-11-14(12)16-13(15-11)9-10-5-2-1-3-6-10/h4,7-8,10,17H,1-3,5-6,9H2,(H,15,16). The van der Waals surface area contributed by atoms with Crippen molar-refractivity contribution in [1.29, 1.82) is 0 Å². The van der Waals surface area contributed by atoms with Crippen LogP contribution in [0.5, 0.6) is 5.75 Å². The number of aromatic hydroxyl groups is 1. The smallest absolute Gasteiger partial charge is 0.143 e. The van der Waals surface area contributed by atoms with Gasteiger partial charge >= 0.3 is 0 Å². The Bertz CT molecular complexity index is 512. The van der Waals surface area contributed by atoms with Crippen molar-refractivity contribution in [2.45, 2.75) is 38.5 Å². The molecule has 1 aliphatic carbocycles. The van der Waals surface area contributed by atoms with Crippen LogP contribution in [-0.2, 0) is 6.42 Å². The monoisotopic (exact) mass is 230 g/mol. The second-order valence-corrected chi connectivity index (χ2v) is 5.06. The number of phenols is 1. The van der Waals surface area contributed by atoms with E-state index < -0.39 is 0 Å². The summed E-state index contributed by atoms with van der Waals surface area (Å²) in [6, 6.07) is 5.50. The number of nitrogens with one attached hydrogen (secondary N) is 1. The molecule has 2 aromatic rings. The van der Waals surface area contributed by atoms with Gasteiger partial charge in [-0.3, -0.25) is 0 Å². The first kappa shape index (κ1) is 10.6. The number of benzene rings is 1. The lowest BCUT2D eigenvalue weighted by atomic mass is 9.87. The molecular weight excluding hydrogens is 212 g/mol. The van der Waals surface area contributed by atoms with E-state index in [0.717, 1.165) is 23.7 Å². The molecule has 0 unspecified atom stereocenters. The highest BCUT2D eigenvalue weighted by atomic mass is 16.3. The number of phenolic OH excluding ortho intramolecular Hbond substituents is 1. The highest BCUT2D eigenvalue weighted by molar-refractivity contribution is 5.81. The lowest BCUT2D eigenvalue weighted by Gasteiger charge is -2.20. The molecule has 1 fully saturated rings. The van der Waals surface area contributed by atoms with Crippen molar-refractivity contribution < 1.29 is 5.11 Å². The Balaban J connectivity index is 1.83. The zero-order valence-corrected chi connectivity index (χ0v) is 9.95. The van der Waals surface area contributed by atoms with Crippen molar-refractivity contribution in [3.63, 3.8) is 0 Å². The molecule has 90 valence electrons. The predicted octanol–water partition coefficient (Wildman–Crippen LogP) is 3.39. The van der Waals surface area contributed by atoms with E-state index in [9.17, 15) is 5.11 Å². The van der Waals surface area contributed by atoms with Crippen molar-refractivity contribution in [3.8, 4) is 5.75 Å². The van der Waals surface area contributed by atoms with Gasteiger partial charge in [-0.1, -0.05) is 38.2 Å². The minimum absolute atomic E-state index is 0.272. The van der Waals surface area contributed by atoms with Gasteiger partial charge in [0, 0.05) is 6.42 Å². The normalized spacial score (nSPS) is 17.6. The van der Waals surface area contributed by atoms with E-state index in [1.165, 1.54) is 32.1 Å². The topological polar surface area (TPSA) is 48.9 Å². The van der Waals surface area contributed by atoms with Gasteiger partial charge in [-0.15, -0.1) is 0 Å². The Morgan fingerprint density at radius 1 is 1.24 bits per heavy atom. The minimum Gasteiger partial charge on any atom is -0.506 e. The maximum absolute atomic E-state index is 9.71. The van der Waals surface area contributed by atoms with Gasteiger partial charge in [-0.25, -0.2) is 4.98 Å². The number of para-hydroxylation sites is 1. The van der Waals surface area contributed by atoms with Crippen LogP contribution in [0.3, 0.4) is 0 Å². The summed E-state index contributed by atoms with van der Waals surface area (Å²) in [5.74, 6) is 2.06. The molecule has 0 radical (unpaired) electrons. The number of aromatic amines is 1. The number of rotatable bonds is 2. The molecule has 0 atom stereocenters. The molecule has 1 saturated carbocycles. The average molecular weight is 230 g/mol. The summed E-state index contributed by atoms with van der Waals surface area (Å²) in [7, 11) is 0. The summed E-state index contributed by atoms with van der Waals surface area (Å²) in [6.45, 7) is 0. The minimum atomic E-state index is 0.272. The maximum atomic E-state index is 9.71. The molecule has 1 heterocycles. The molecule has 17 heavy (non-hydrogen) atoms. The van der Waals surface area contributed by atoms with E-state index in [1.807, 2.05) is 12.1 Å². The summed E-state index contributed by atoms with van der Waals surface area (Å²) in [5, 5.41) is 9.71. The van der Waals surface area contributed by atoms with E-state index in [1.54, 1.807) is 6.07 Å². The zero-order valence-electron chi connectivity index (χ0n) is 9.95. The average Bonchev–Trinajstić information content (AvgIpc) is 2.74. The van der Waals surface area contributed by atoms with Crippen LogP contribution in [0.25, 0.3) is 11.0 Å². The van der Waals surface area contributed by atoms with Crippen LogP contribution in [0.15, 0.2) is 18.2 Å². The van der Waals surface area contributed by atoms with Crippen LogP contribution in [0.1, 0.15) is 37.9 Å². The van der Waals surface area contributed by atoms with Crippen molar-refractivity contribution in [3.05, 3.63) is 24.0 Å². The fourth-order valence-corrected chi connectivity index (χ4v) is 2.83. The summed E-state index contributed by atoms with van der Waals surface area (Å²) in [5.41, 5.74) is 1.65. The Hall–Kier alpha value is -1.51. The second-order valence-electron chi connectivity index (χ2n) is 5.06. The van der Waals surface area contributed by atoms with Crippen LogP contribution >= 0.6 is 0 Å². The number of fused-ring (bicyclic) bond motifs is 1. The molecule has 3 nitrogen and oxygen atoms in total. The van der Waals surface area contributed by atoms with Gasteiger partial charge in [0.05, 0.1) is 5.52 Å². The molecular formula is C14H18N2O. The van der Waals surface area contributed by atoms with Gasteiger partial charge < -0.3 is 10.1 Å². The molecule has 1 aromatic heterocycles. The lowest BCUT2D eigenvalue weighted by molar-refractivity contribution is 0.352.